The molecule has 0 saturated heterocycles. The van der Waals surface area contributed by atoms with Crippen LogP contribution in [-0.4, -0.2) is 0 Å². The molecular weight excluding hydrogens is 192 g/mol. The number of rotatable bonds is 2. The van der Waals surface area contributed by atoms with Gasteiger partial charge in [0.1, 0.15) is 0 Å². The van der Waals surface area contributed by atoms with Crippen LogP contribution in [0.2, 0.25) is 0 Å². The minimum absolute atomic E-state index is 0.759. The van der Waals surface area contributed by atoms with Gasteiger partial charge in [0.2, 0.25) is 0 Å². The van der Waals surface area contributed by atoms with Gasteiger partial charge in [0.15, 0.2) is 0 Å². The Kier molecular flexibility index (Phi) is 3.69. The predicted molar refractivity (Wildman–Crippen MR) is 59.1 cm³/mol. The summed E-state index contributed by atoms with van der Waals surface area (Å²) in [4.78, 5) is 0.987. The van der Waals surface area contributed by atoms with Crippen molar-refractivity contribution in [2.24, 2.45) is 0 Å². The molecule has 0 amide bonds. The minimum Gasteiger partial charge on any atom is -0.175 e. The molecule has 0 aromatic heterocycles. The largest absolute Gasteiger partial charge is 0.175 e. The third-order valence-electron chi connectivity index (χ3n) is 1.40. The average molecular weight is 202 g/mol. The fourth-order valence-corrected chi connectivity index (χ4v) is 1.62. The molecule has 0 heterocycles. The highest BCUT2D eigenvalue weighted by molar-refractivity contribution is 7.80. The Hall–Kier alpha value is 0.270. The van der Waals surface area contributed by atoms with Crippen molar-refractivity contribution in [1.29, 1.82) is 0 Å². The van der Waals surface area contributed by atoms with Crippen LogP contribution in [-0.2, 0) is 11.5 Å². The van der Waals surface area contributed by atoms with E-state index in [0.717, 1.165) is 16.4 Å². The second kappa shape index (κ2) is 4.33. The molecular formula is C8H10S3. The Balaban J connectivity index is 3.02. The fraction of sp³-hybridized carbons (Fsp3) is 0.250. The Morgan fingerprint density at radius 3 is 1.73 bits per heavy atom. The molecule has 0 radical (unpaired) electrons. The van der Waals surface area contributed by atoms with Crippen molar-refractivity contribution in [3.63, 3.8) is 0 Å². The summed E-state index contributed by atoms with van der Waals surface area (Å²) in [6, 6.07) is 6.13. The van der Waals surface area contributed by atoms with E-state index < -0.39 is 0 Å². The van der Waals surface area contributed by atoms with Gasteiger partial charge < -0.3 is 0 Å². The summed E-state index contributed by atoms with van der Waals surface area (Å²) in [6.45, 7) is 0. The second-order valence-electron chi connectivity index (χ2n) is 2.32. The van der Waals surface area contributed by atoms with Gasteiger partial charge in [0.25, 0.3) is 0 Å². The lowest BCUT2D eigenvalue weighted by Gasteiger charge is -2.01. The van der Waals surface area contributed by atoms with Crippen LogP contribution < -0.4 is 0 Å². The van der Waals surface area contributed by atoms with Crippen molar-refractivity contribution in [2.75, 3.05) is 0 Å². The predicted octanol–water partition coefficient (Wildman–Crippen LogP) is 2.83. The van der Waals surface area contributed by atoms with Crippen LogP contribution in [0.1, 0.15) is 11.1 Å². The highest BCUT2D eigenvalue weighted by atomic mass is 32.1. The number of thiol groups is 3. The Bertz CT molecular complexity index is 223. The van der Waals surface area contributed by atoms with Gasteiger partial charge in [-0.1, -0.05) is 6.07 Å². The Labute approximate surface area is 83.6 Å². The average Bonchev–Trinajstić information content (AvgIpc) is 2.03. The van der Waals surface area contributed by atoms with E-state index in [1.54, 1.807) is 0 Å². The molecule has 0 atom stereocenters. The Morgan fingerprint density at radius 2 is 1.36 bits per heavy atom. The lowest BCUT2D eigenvalue weighted by molar-refractivity contribution is 1.27. The van der Waals surface area contributed by atoms with Crippen molar-refractivity contribution >= 4 is 37.9 Å². The zero-order valence-corrected chi connectivity index (χ0v) is 8.67. The number of hydrogen-bond acceptors (Lipinski definition) is 3. The first-order valence-electron chi connectivity index (χ1n) is 3.30. The molecule has 60 valence electrons. The quantitative estimate of drug-likeness (QED) is 0.604. The highest BCUT2D eigenvalue weighted by Gasteiger charge is 1.95. The molecule has 0 saturated carbocycles. The van der Waals surface area contributed by atoms with Crippen molar-refractivity contribution < 1.29 is 0 Å². The molecule has 0 aliphatic carbocycles. The van der Waals surface area contributed by atoms with E-state index in [1.807, 2.05) is 12.1 Å². The van der Waals surface area contributed by atoms with Gasteiger partial charge >= 0.3 is 0 Å². The zero-order valence-electron chi connectivity index (χ0n) is 5.99. The monoisotopic (exact) mass is 202 g/mol. The van der Waals surface area contributed by atoms with Crippen LogP contribution in [0.25, 0.3) is 0 Å². The number of benzene rings is 1. The van der Waals surface area contributed by atoms with Gasteiger partial charge in [0, 0.05) is 16.4 Å². The molecule has 0 fully saturated rings. The van der Waals surface area contributed by atoms with Crippen LogP contribution >= 0.6 is 37.9 Å². The first-order valence-corrected chi connectivity index (χ1v) is 5.01. The molecule has 1 rings (SSSR count). The summed E-state index contributed by atoms with van der Waals surface area (Å²) in [5, 5.41) is 0. The van der Waals surface area contributed by atoms with E-state index in [1.165, 1.54) is 11.1 Å². The van der Waals surface area contributed by atoms with E-state index in [-0.39, 0.29) is 0 Å². The Morgan fingerprint density at radius 1 is 0.909 bits per heavy atom. The molecule has 1 aromatic carbocycles. The molecule has 0 aliphatic heterocycles. The van der Waals surface area contributed by atoms with Gasteiger partial charge in [-0.2, -0.15) is 25.3 Å². The molecule has 11 heavy (non-hydrogen) atoms. The summed E-state index contributed by atoms with van der Waals surface area (Å²) in [7, 11) is 0. The summed E-state index contributed by atoms with van der Waals surface area (Å²) >= 11 is 12.6. The smallest absolute Gasteiger partial charge is 0.0154 e. The topological polar surface area (TPSA) is 0 Å². The molecule has 0 aliphatic rings. The van der Waals surface area contributed by atoms with Gasteiger partial charge in [-0.3, -0.25) is 0 Å². The first kappa shape index (κ1) is 9.36. The maximum Gasteiger partial charge on any atom is 0.0154 e. The van der Waals surface area contributed by atoms with Gasteiger partial charge in [-0.05, 0) is 23.3 Å². The molecule has 0 nitrogen and oxygen atoms in total. The summed E-state index contributed by atoms with van der Waals surface area (Å²) < 4.78 is 0. The summed E-state index contributed by atoms with van der Waals surface area (Å²) in [5.41, 5.74) is 2.40. The lowest BCUT2D eigenvalue weighted by Crippen LogP contribution is -1.83. The normalized spacial score (nSPS) is 10.1. The van der Waals surface area contributed by atoms with Crippen molar-refractivity contribution in [2.45, 2.75) is 16.4 Å². The maximum absolute atomic E-state index is 4.26. The third-order valence-corrected chi connectivity index (χ3v) is 2.39. The fourth-order valence-electron chi connectivity index (χ4n) is 0.926. The molecule has 1 aromatic rings. The standard InChI is InChI=1S/C8H10S3/c9-4-6-1-7(5-10)3-8(11)2-6/h1-3,9-11H,4-5H2. The van der Waals surface area contributed by atoms with Crippen LogP contribution in [0.4, 0.5) is 0 Å². The van der Waals surface area contributed by atoms with Crippen molar-refractivity contribution in [3.8, 4) is 0 Å². The zero-order chi connectivity index (χ0) is 8.27. The van der Waals surface area contributed by atoms with Crippen LogP contribution in [0.3, 0.4) is 0 Å². The molecule has 3 heteroatoms. The van der Waals surface area contributed by atoms with E-state index >= 15 is 0 Å². The number of hydrogen-bond donors (Lipinski definition) is 3. The third kappa shape index (κ3) is 2.65. The van der Waals surface area contributed by atoms with Crippen LogP contribution in [0, 0.1) is 0 Å². The maximum atomic E-state index is 4.26. The molecule has 0 bridgehead atoms. The first-order chi connectivity index (χ1) is 5.26. The van der Waals surface area contributed by atoms with E-state index in [9.17, 15) is 0 Å². The highest BCUT2D eigenvalue weighted by Crippen LogP contribution is 2.16. The summed E-state index contributed by atoms with van der Waals surface area (Å²) in [6.07, 6.45) is 0. The molecule has 0 spiro atoms. The van der Waals surface area contributed by atoms with Gasteiger partial charge in [-0.15, -0.1) is 12.6 Å². The molecule has 0 unspecified atom stereocenters. The van der Waals surface area contributed by atoms with Crippen molar-refractivity contribution in [1.82, 2.24) is 0 Å². The summed E-state index contributed by atoms with van der Waals surface area (Å²) in [5.74, 6) is 1.52. The van der Waals surface area contributed by atoms with E-state index in [0.29, 0.717) is 0 Å². The SMILES string of the molecule is SCc1cc(S)cc(CS)c1. The second-order valence-corrected chi connectivity index (χ2v) is 3.47. The van der Waals surface area contributed by atoms with Gasteiger partial charge in [0.05, 0.1) is 0 Å². The van der Waals surface area contributed by atoms with Crippen molar-refractivity contribution in [3.05, 3.63) is 29.3 Å². The van der Waals surface area contributed by atoms with Gasteiger partial charge in [-0.25, -0.2) is 0 Å². The minimum atomic E-state index is 0.759. The van der Waals surface area contributed by atoms with Crippen LogP contribution in [0.5, 0.6) is 0 Å². The van der Waals surface area contributed by atoms with E-state index in [2.05, 4.69) is 44.0 Å². The molecule has 0 N–H and O–H groups in total. The lowest BCUT2D eigenvalue weighted by atomic mass is 10.2. The van der Waals surface area contributed by atoms with E-state index in [4.69, 9.17) is 0 Å². The van der Waals surface area contributed by atoms with Crippen LogP contribution in [0.15, 0.2) is 23.1 Å².